The van der Waals surface area contributed by atoms with Gasteiger partial charge in [-0.1, -0.05) is 5.16 Å². The Morgan fingerprint density at radius 2 is 2.67 bits per heavy atom. The highest BCUT2D eigenvalue weighted by atomic mass is 16.5. The van der Waals surface area contributed by atoms with E-state index in [2.05, 4.69) is 10.5 Å². The van der Waals surface area contributed by atoms with Crippen molar-refractivity contribution in [3.63, 3.8) is 0 Å². The first-order valence-electron chi connectivity index (χ1n) is 3.65. The molecule has 0 spiro atoms. The van der Waals surface area contributed by atoms with Crippen molar-refractivity contribution in [2.45, 2.75) is 12.5 Å². The molecule has 2 heterocycles. The van der Waals surface area contributed by atoms with E-state index in [0.717, 1.165) is 5.56 Å². The summed E-state index contributed by atoms with van der Waals surface area (Å²) in [6, 6.07) is 0. The van der Waals surface area contributed by atoms with Crippen molar-refractivity contribution in [1.29, 1.82) is 0 Å². The number of fused-ring (bicyclic) bond motifs is 1. The molecule has 0 aliphatic carbocycles. The highest BCUT2D eigenvalue weighted by Gasteiger charge is 2.29. The van der Waals surface area contributed by atoms with E-state index in [0.29, 0.717) is 18.8 Å². The molecule has 1 aliphatic rings. The molecule has 1 aliphatic heterocycles. The second kappa shape index (κ2) is 2.60. The largest absolute Gasteiger partial charge is 0.481 e. The number of carboxylic acid groups (broad SMARTS) is 1. The third-order valence-corrected chi connectivity index (χ3v) is 1.97. The van der Waals surface area contributed by atoms with Crippen molar-refractivity contribution in [1.82, 2.24) is 10.5 Å². The van der Waals surface area contributed by atoms with E-state index in [-0.39, 0.29) is 0 Å². The first-order valence-corrected chi connectivity index (χ1v) is 3.65. The number of carboxylic acids is 1. The third kappa shape index (κ3) is 0.984. The quantitative estimate of drug-likeness (QED) is 0.614. The maximum Gasteiger partial charge on any atom is 0.314 e. The predicted octanol–water partition coefficient (Wildman–Crippen LogP) is -0.0540. The van der Waals surface area contributed by atoms with Gasteiger partial charge in [0.2, 0.25) is 0 Å². The van der Waals surface area contributed by atoms with Gasteiger partial charge in [0.1, 0.15) is 17.9 Å². The Hall–Kier alpha value is -1.36. The lowest BCUT2D eigenvalue weighted by molar-refractivity contribution is -0.139. The Labute approximate surface area is 68.4 Å². The number of hydrogen-bond acceptors (Lipinski definition) is 4. The zero-order valence-corrected chi connectivity index (χ0v) is 6.28. The van der Waals surface area contributed by atoms with Gasteiger partial charge in [0.25, 0.3) is 0 Å². The molecule has 0 saturated heterocycles. The van der Waals surface area contributed by atoms with Crippen LogP contribution < -0.4 is 5.32 Å². The Balaban J connectivity index is 2.37. The van der Waals surface area contributed by atoms with Crippen molar-refractivity contribution in [2.24, 2.45) is 0 Å². The summed E-state index contributed by atoms with van der Waals surface area (Å²) in [5.74, 6) is -1.43. The van der Waals surface area contributed by atoms with Gasteiger partial charge in [-0.05, 0) is 0 Å². The van der Waals surface area contributed by atoms with Gasteiger partial charge >= 0.3 is 5.97 Å². The molecule has 12 heavy (non-hydrogen) atoms. The lowest BCUT2D eigenvalue weighted by Crippen LogP contribution is -2.32. The molecular formula is C7H8N2O3. The normalized spacial score (nSPS) is 21.8. The summed E-state index contributed by atoms with van der Waals surface area (Å²) in [5.41, 5.74) is 1.40. The Bertz CT molecular complexity index is 307. The van der Waals surface area contributed by atoms with Gasteiger partial charge in [0, 0.05) is 18.7 Å². The van der Waals surface area contributed by atoms with Crippen LogP contribution in [0.1, 0.15) is 17.2 Å². The Morgan fingerprint density at radius 1 is 1.83 bits per heavy atom. The number of aliphatic carboxylic acids is 1. The lowest BCUT2D eigenvalue weighted by atomic mass is 9.99. The van der Waals surface area contributed by atoms with Gasteiger partial charge < -0.3 is 14.9 Å². The second-order valence-electron chi connectivity index (χ2n) is 2.75. The summed E-state index contributed by atoms with van der Waals surface area (Å²) in [4.78, 5) is 10.7. The number of aromatic nitrogens is 1. The van der Waals surface area contributed by atoms with Crippen LogP contribution in [-0.2, 0) is 11.3 Å². The number of nitrogens with one attached hydrogen (secondary N) is 1. The van der Waals surface area contributed by atoms with E-state index >= 15 is 0 Å². The van der Waals surface area contributed by atoms with Gasteiger partial charge in [-0.3, -0.25) is 4.79 Å². The van der Waals surface area contributed by atoms with Gasteiger partial charge in [0.05, 0.1) is 0 Å². The minimum absolute atomic E-state index is 0.425. The van der Waals surface area contributed by atoms with Crippen LogP contribution in [-0.4, -0.2) is 22.8 Å². The van der Waals surface area contributed by atoms with Gasteiger partial charge in [-0.2, -0.15) is 0 Å². The van der Waals surface area contributed by atoms with E-state index in [1.54, 1.807) is 0 Å². The number of rotatable bonds is 1. The third-order valence-electron chi connectivity index (χ3n) is 1.97. The van der Waals surface area contributed by atoms with E-state index in [1.807, 2.05) is 0 Å². The predicted molar refractivity (Wildman–Crippen MR) is 38.6 cm³/mol. The zero-order valence-electron chi connectivity index (χ0n) is 6.28. The van der Waals surface area contributed by atoms with Crippen molar-refractivity contribution in [2.75, 3.05) is 6.54 Å². The fourth-order valence-electron chi connectivity index (χ4n) is 1.34. The standard InChI is InChI=1S/C7H8N2O3/c10-7(11)5-2-8-1-4-3-12-9-6(4)5/h3,5,8H,1-2H2,(H,10,11). The van der Waals surface area contributed by atoms with Crippen LogP contribution in [0.5, 0.6) is 0 Å². The first kappa shape index (κ1) is 7.30. The van der Waals surface area contributed by atoms with Crippen molar-refractivity contribution < 1.29 is 14.4 Å². The van der Waals surface area contributed by atoms with E-state index < -0.39 is 11.9 Å². The molecule has 0 radical (unpaired) electrons. The topological polar surface area (TPSA) is 75.4 Å². The number of nitrogens with zero attached hydrogens (tertiary/aromatic N) is 1. The number of carbonyl (C=O) groups is 1. The summed E-state index contributed by atoms with van der Waals surface area (Å²) in [6.07, 6.45) is 1.48. The molecule has 0 amide bonds. The maximum absolute atomic E-state index is 10.7. The minimum atomic E-state index is -0.864. The monoisotopic (exact) mass is 168 g/mol. The van der Waals surface area contributed by atoms with Crippen molar-refractivity contribution in [3.8, 4) is 0 Å². The molecule has 5 nitrogen and oxygen atoms in total. The molecule has 0 aromatic carbocycles. The Kier molecular flexibility index (Phi) is 1.58. The summed E-state index contributed by atoms with van der Waals surface area (Å²) in [7, 11) is 0. The summed E-state index contributed by atoms with van der Waals surface area (Å²) in [6.45, 7) is 1.07. The van der Waals surface area contributed by atoms with Crippen LogP contribution in [0.3, 0.4) is 0 Å². The van der Waals surface area contributed by atoms with Crippen LogP contribution >= 0.6 is 0 Å². The fourth-order valence-corrected chi connectivity index (χ4v) is 1.34. The van der Waals surface area contributed by atoms with Crippen molar-refractivity contribution in [3.05, 3.63) is 17.5 Å². The van der Waals surface area contributed by atoms with E-state index in [9.17, 15) is 4.79 Å². The van der Waals surface area contributed by atoms with Crippen LogP contribution in [0.15, 0.2) is 10.8 Å². The van der Waals surface area contributed by atoms with Crippen LogP contribution in [0.25, 0.3) is 0 Å². The first-order chi connectivity index (χ1) is 5.79. The van der Waals surface area contributed by atoms with Crippen LogP contribution in [0.4, 0.5) is 0 Å². The second-order valence-corrected chi connectivity index (χ2v) is 2.75. The number of hydrogen-bond donors (Lipinski definition) is 2. The molecule has 1 aromatic rings. The van der Waals surface area contributed by atoms with E-state index in [4.69, 9.17) is 9.63 Å². The van der Waals surface area contributed by atoms with E-state index in [1.165, 1.54) is 6.26 Å². The summed E-state index contributed by atoms with van der Waals surface area (Å²) >= 11 is 0. The zero-order chi connectivity index (χ0) is 8.55. The molecular weight excluding hydrogens is 160 g/mol. The highest BCUT2D eigenvalue weighted by molar-refractivity contribution is 5.76. The summed E-state index contributed by atoms with van der Waals surface area (Å²) in [5, 5.41) is 15.4. The minimum Gasteiger partial charge on any atom is -0.481 e. The van der Waals surface area contributed by atoms with Crippen molar-refractivity contribution >= 4 is 5.97 Å². The maximum atomic E-state index is 10.7. The molecule has 2 N–H and O–H groups in total. The molecule has 0 saturated carbocycles. The molecule has 1 atom stereocenters. The molecule has 64 valence electrons. The van der Waals surface area contributed by atoms with Gasteiger partial charge in [0.15, 0.2) is 0 Å². The molecule has 1 unspecified atom stereocenters. The summed E-state index contributed by atoms with van der Waals surface area (Å²) < 4.78 is 4.69. The molecule has 5 heteroatoms. The SMILES string of the molecule is O=C(O)C1CNCc2conc21. The molecule has 2 rings (SSSR count). The molecule has 1 aromatic heterocycles. The molecule has 0 bridgehead atoms. The smallest absolute Gasteiger partial charge is 0.314 e. The van der Waals surface area contributed by atoms with Crippen LogP contribution in [0.2, 0.25) is 0 Å². The average Bonchev–Trinajstić information content (AvgIpc) is 2.49. The van der Waals surface area contributed by atoms with Gasteiger partial charge in [-0.25, -0.2) is 0 Å². The van der Waals surface area contributed by atoms with Crippen LogP contribution in [0, 0.1) is 0 Å². The highest BCUT2D eigenvalue weighted by Crippen LogP contribution is 2.21. The fraction of sp³-hybridized carbons (Fsp3) is 0.429. The molecule has 0 fully saturated rings. The Morgan fingerprint density at radius 3 is 3.42 bits per heavy atom. The average molecular weight is 168 g/mol. The lowest BCUT2D eigenvalue weighted by Gasteiger charge is -2.16. The van der Waals surface area contributed by atoms with Gasteiger partial charge in [-0.15, -0.1) is 0 Å².